The van der Waals surface area contributed by atoms with E-state index >= 15 is 0 Å². The van der Waals surface area contributed by atoms with Gasteiger partial charge in [0.1, 0.15) is 0 Å². The van der Waals surface area contributed by atoms with Gasteiger partial charge in [-0.25, -0.2) is 4.98 Å². The molecular weight excluding hydrogens is 378 g/mol. The molecule has 0 saturated heterocycles. The van der Waals surface area contributed by atoms with E-state index in [1.807, 2.05) is 50.2 Å². The van der Waals surface area contributed by atoms with Gasteiger partial charge in [-0.05, 0) is 66.9 Å². The number of hydrogen-bond donors (Lipinski definition) is 2. The van der Waals surface area contributed by atoms with Crippen molar-refractivity contribution in [3.05, 3.63) is 95.3 Å². The molecule has 4 rings (SSSR count). The second-order valence-electron chi connectivity index (χ2n) is 7.03. The number of hydrogen-bond acceptors (Lipinski definition) is 4. The fourth-order valence-corrected chi connectivity index (χ4v) is 3.14. The van der Waals surface area contributed by atoms with Gasteiger partial charge in [-0.1, -0.05) is 12.1 Å². The number of anilines is 1. The molecule has 0 unspecified atom stereocenters. The smallest absolute Gasteiger partial charge is 0.292 e. The van der Waals surface area contributed by atoms with Gasteiger partial charge < -0.3 is 10.6 Å². The predicted octanol–water partition coefficient (Wildman–Crippen LogP) is 3.53. The second-order valence-corrected chi connectivity index (χ2v) is 7.03. The highest BCUT2D eigenvalue weighted by Gasteiger charge is 2.21. The second kappa shape index (κ2) is 8.16. The number of amides is 2. The van der Waals surface area contributed by atoms with E-state index < -0.39 is 0 Å². The van der Waals surface area contributed by atoms with Crippen LogP contribution in [0.5, 0.6) is 0 Å². The molecule has 2 N–H and O–H groups in total. The van der Waals surface area contributed by atoms with Crippen LogP contribution in [0.1, 0.15) is 37.8 Å². The Morgan fingerprint density at radius 1 is 0.967 bits per heavy atom. The fourth-order valence-electron chi connectivity index (χ4n) is 3.14. The van der Waals surface area contributed by atoms with E-state index in [0.29, 0.717) is 17.7 Å². The number of aromatic nitrogens is 3. The molecule has 0 spiro atoms. The molecule has 30 heavy (non-hydrogen) atoms. The number of nitrogens with one attached hydrogen (secondary N) is 2. The van der Waals surface area contributed by atoms with Crippen LogP contribution < -0.4 is 10.6 Å². The summed E-state index contributed by atoms with van der Waals surface area (Å²) in [5.74, 6) is -0.578. The number of rotatable bonds is 5. The van der Waals surface area contributed by atoms with Crippen LogP contribution in [0.3, 0.4) is 0 Å². The van der Waals surface area contributed by atoms with Crippen LogP contribution >= 0.6 is 0 Å². The summed E-state index contributed by atoms with van der Waals surface area (Å²) in [5.41, 5.74) is 4.60. The van der Waals surface area contributed by atoms with Crippen molar-refractivity contribution in [2.45, 2.75) is 20.4 Å². The molecule has 0 radical (unpaired) electrons. The van der Waals surface area contributed by atoms with E-state index in [4.69, 9.17) is 0 Å². The molecule has 0 fully saturated rings. The molecule has 4 aromatic rings. The first-order valence-corrected chi connectivity index (χ1v) is 9.56. The Morgan fingerprint density at radius 3 is 2.53 bits per heavy atom. The fraction of sp³-hybridized carbons (Fsp3) is 0.130. The molecule has 2 amide bonds. The topological polar surface area (TPSA) is 88.4 Å². The third kappa shape index (κ3) is 3.91. The Kier molecular flexibility index (Phi) is 5.26. The van der Waals surface area contributed by atoms with Crippen molar-refractivity contribution in [2.75, 3.05) is 5.32 Å². The third-order valence-electron chi connectivity index (χ3n) is 4.93. The first-order valence-electron chi connectivity index (χ1n) is 9.56. The van der Waals surface area contributed by atoms with Gasteiger partial charge in [0, 0.05) is 30.8 Å². The van der Waals surface area contributed by atoms with Crippen molar-refractivity contribution >= 4 is 23.0 Å². The van der Waals surface area contributed by atoms with Crippen molar-refractivity contribution in [3.8, 4) is 0 Å². The molecule has 1 aromatic carbocycles. The number of carbonyl (C=O) groups is 2. The predicted molar refractivity (Wildman–Crippen MR) is 114 cm³/mol. The lowest BCUT2D eigenvalue weighted by Gasteiger charge is -2.07. The summed E-state index contributed by atoms with van der Waals surface area (Å²) in [5, 5.41) is 5.72. The molecular formula is C23H21N5O2. The molecule has 0 aliphatic rings. The van der Waals surface area contributed by atoms with Gasteiger partial charge in [0.2, 0.25) is 5.82 Å². The number of fused-ring (bicyclic) bond motifs is 1. The Morgan fingerprint density at radius 2 is 1.77 bits per heavy atom. The van der Waals surface area contributed by atoms with Gasteiger partial charge in [0.15, 0.2) is 5.69 Å². The number of nitrogens with zero attached hydrogens (tertiary/aromatic N) is 3. The molecule has 3 aromatic heterocycles. The van der Waals surface area contributed by atoms with E-state index in [2.05, 4.69) is 20.6 Å². The van der Waals surface area contributed by atoms with Gasteiger partial charge in [-0.15, -0.1) is 0 Å². The maximum absolute atomic E-state index is 12.9. The highest BCUT2D eigenvalue weighted by molar-refractivity contribution is 6.06. The molecule has 150 valence electrons. The quantitative estimate of drug-likeness (QED) is 0.537. The molecule has 0 bridgehead atoms. The summed E-state index contributed by atoms with van der Waals surface area (Å²) in [6.07, 6.45) is 5.06. The highest BCUT2D eigenvalue weighted by Crippen LogP contribution is 2.17. The zero-order chi connectivity index (χ0) is 21.1. The minimum Gasteiger partial charge on any atom is -0.347 e. The molecule has 7 heteroatoms. The summed E-state index contributed by atoms with van der Waals surface area (Å²) < 4.78 is 1.62. The molecule has 7 nitrogen and oxygen atoms in total. The first kappa shape index (κ1) is 19.3. The van der Waals surface area contributed by atoms with Gasteiger partial charge in [0.25, 0.3) is 11.8 Å². The van der Waals surface area contributed by atoms with Crippen molar-refractivity contribution in [2.24, 2.45) is 0 Å². The van der Waals surface area contributed by atoms with Crippen LogP contribution in [0, 0.1) is 13.8 Å². The third-order valence-corrected chi connectivity index (χ3v) is 4.93. The van der Waals surface area contributed by atoms with E-state index in [1.54, 1.807) is 35.1 Å². The zero-order valence-electron chi connectivity index (χ0n) is 16.7. The minimum absolute atomic E-state index is 0.151. The summed E-state index contributed by atoms with van der Waals surface area (Å²) in [4.78, 5) is 34.0. The Hall–Kier alpha value is -4.00. The lowest BCUT2D eigenvalue weighted by molar-refractivity contribution is 0.0948. The number of aryl methyl sites for hydroxylation is 2. The van der Waals surface area contributed by atoms with Crippen LogP contribution in [0.15, 0.2) is 67.1 Å². The summed E-state index contributed by atoms with van der Waals surface area (Å²) in [7, 11) is 0. The summed E-state index contributed by atoms with van der Waals surface area (Å²) in [6, 6.07) is 14.7. The summed E-state index contributed by atoms with van der Waals surface area (Å²) in [6.45, 7) is 4.35. The van der Waals surface area contributed by atoms with Gasteiger partial charge >= 0.3 is 0 Å². The number of imidazole rings is 1. The monoisotopic (exact) mass is 399 g/mol. The Balaban J connectivity index is 1.60. The van der Waals surface area contributed by atoms with Gasteiger partial charge in [-0.3, -0.25) is 19.0 Å². The van der Waals surface area contributed by atoms with E-state index in [1.165, 1.54) is 0 Å². The van der Waals surface area contributed by atoms with Crippen molar-refractivity contribution in [3.63, 3.8) is 0 Å². The molecule has 3 heterocycles. The van der Waals surface area contributed by atoms with Crippen LogP contribution in [0.25, 0.3) is 5.52 Å². The van der Waals surface area contributed by atoms with Crippen LogP contribution in [0.4, 0.5) is 5.69 Å². The highest BCUT2D eigenvalue weighted by atomic mass is 16.2. The van der Waals surface area contributed by atoms with Crippen LogP contribution in [0.2, 0.25) is 0 Å². The van der Waals surface area contributed by atoms with Crippen LogP contribution in [-0.4, -0.2) is 26.2 Å². The van der Waals surface area contributed by atoms with Crippen LogP contribution in [-0.2, 0) is 6.54 Å². The van der Waals surface area contributed by atoms with E-state index in [9.17, 15) is 9.59 Å². The largest absolute Gasteiger partial charge is 0.347 e. The van der Waals surface area contributed by atoms with Crippen molar-refractivity contribution in [1.29, 1.82) is 0 Å². The van der Waals surface area contributed by atoms with E-state index in [-0.39, 0.29) is 23.3 Å². The van der Waals surface area contributed by atoms with Gasteiger partial charge in [-0.2, -0.15) is 0 Å². The number of pyridine rings is 2. The van der Waals surface area contributed by atoms with E-state index in [0.717, 1.165) is 16.7 Å². The number of benzene rings is 1. The lowest BCUT2D eigenvalue weighted by Crippen LogP contribution is -2.23. The molecule has 0 atom stereocenters. The zero-order valence-corrected chi connectivity index (χ0v) is 16.7. The normalized spacial score (nSPS) is 10.7. The van der Waals surface area contributed by atoms with Crippen molar-refractivity contribution < 1.29 is 9.59 Å². The average Bonchev–Trinajstić information content (AvgIpc) is 3.15. The van der Waals surface area contributed by atoms with Gasteiger partial charge in [0.05, 0.1) is 5.52 Å². The molecule has 0 aliphatic carbocycles. The lowest BCUT2D eigenvalue weighted by atomic mass is 10.1. The first-order chi connectivity index (χ1) is 14.5. The average molecular weight is 399 g/mol. The SMILES string of the molecule is Cc1ccc(NC(=O)c2nc(C(=O)NCc3ccncc3)c3ccccn23)cc1C. The minimum atomic E-state index is -0.382. The molecule has 0 aliphatic heterocycles. The maximum atomic E-state index is 12.9. The number of carbonyl (C=O) groups excluding carboxylic acids is 2. The Bertz CT molecular complexity index is 1230. The molecule has 0 saturated carbocycles. The summed E-state index contributed by atoms with van der Waals surface area (Å²) >= 11 is 0. The maximum Gasteiger partial charge on any atom is 0.292 e. The van der Waals surface area contributed by atoms with Crippen molar-refractivity contribution in [1.82, 2.24) is 19.7 Å². The Labute approximate surface area is 173 Å². The standard InChI is InChI=1S/C23H21N5O2/c1-15-6-7-18(13-16(15)2)26-23(30)21-27-20(19-5-3-4-12-28(19)21)22(29)25-14-17-8-10-24-11-9-17/h3-13H,14H2,1-2H3,(H,25,29)(H,26,30).